The number of halogens is 2. The van der Waals surface area contributed by atoms with Gasteiger partial charge in [-0.1, -0.05) is 95.1 Å². The number of phenolic OH excluding ortho intramolecular Hbond substituents is 1. The maximum Gasteiger partial charge on any atom is 0.169 e. The Morgan fingerprint density at radius 2 is 1.43 bits per heavy atom. The van der Waals surface area contributed by atoms with Crippen LogP contribution in [0.15, 0.2) is 101 Å². The molecule has 0 saturated heterocycles. The first-order valence-electron chi connectivity index (χ1n) is 11.2. The SMILES string of the molecule is Cc1ccc(SC(=Nc2cc(Cl)cc(Cl)c2)N(Cc2ccccc2)Cc2ccc(O)cc2)c(C)c1. The van der Waals surface area contributed by atoms with Gasteiger partial charge < -0.3 is 10.0 Å². The summed E-state index contributed by atoms with van der Waals surface area (Å²) in [5, 5.41) is 11.7. The fourth-order valence-electron chi connectivity index (χ4n) is 3.70. The van der Waals surface area contributed by atoms with Crippen LogP contribution in [0.5, 0.6) is 5.75 Å². The fraction of sp³-hybridized carbons (Fsp3) is 0.138. The first kappa shape index (κ1) is 25.2. The first-order chi connectivity index (χ1) is 16.9. The zero-order valence-corrected chi connectivity index (χ0v) is 21.9. The molecule has 3 nitrogen and oxygen atoms in total. The number of phenols is 1. The molecule has 178 valence electrons. The molecule has 0 amide bonds. The van der Waals surface area contributed by atoms with Gasteiger partial charge in [0.25, 0.3) is 0 Å². The number of thioether (sulfide) groups is 1. The Labute approximate surface area is 221 Å². The Morgan fingerprint density at radius 1 is 0.800 bits per heavy atom. The van der Waals surface area contributed by atoms with Gasteiger partial charge in [-0.05, 0) is 66.9 Å². The summed E-state index contributed by atoms with van der Waals surface area (Å²) in [7, 11) is 0. The van der Waals surface area contributed by atoms with Crippen molar-refractivity contribution in [3.63, 3.8) is 0 Å². The van der Waals surface area contributed by atoms with Crippen molar-refractivity contribution in [3.8, 4) is 5.75 Å². The second kappa shape index (κ2) is 11.7. The smallest absolute Gasteiger partial charge is 0.169 e. The summed E-state index contributed by atoms with van der Waals surface area (Å²) >= 11 is 14.2. The average molecular weight is 522 g/mol. The molecule has 0 radical (unpaired) electrons. The summed E-state index contributed by atoms with van der Waals surface area (Å²) in [6.07, 6.45) is 0. The van der Waals surface area contributed by atoms with Crippen molar-refractivity contribution in [3.05, 3.63) is 123 Å². The molecule has 0 spiro atoms. The Kier molecular flexibility index (Phi) is 8.40. The number of amidine groups is 1. The maximum atomic E-state index is 9.76. The number of benzene rings is 4. The molecule has 4 rings (SSSR count). The molecule has 0 aliphatic heterocycles. The predicted molar refractivity (Wildman–Crippen MR) is 149 cm³/mol. The molecule has 0 atom stereocenters. The lowest BCUT2D eigenvalue weighted by molar-refractivity contribution is 0.414. The van der Waals surface area contributed by atoms with Crippen molar-refractivity contribution in [2.24, 2.45) is 4.99 Å². The standard InChI is InChI=1S/C29H26Cl2N2OS/c1-20-8-13-28(21(2)14-20)35-29(32-26-16-24(30)15-25(31)17-26)33(18-22-6-4-3-5-7-22)19-23-9-11-27(34)12-10-23/h3-17,34H,18-19H2,1-2H3. The minimum Gasteiger partial charge on any atom is -0.508 e. The average Bonchev–Trinajstić information content (AvgIpc) is 2.81. The number of nitrogens with zero attached hydrogens (tertiary/aromatic N) is 2. The number of hydrogen-bond donors (Lipinski definition) is 1. The lowest BCUT2D eigenvalue weighted by Crippen LogP contribution is -2.28. The van der Waals surface area contributed by atoms with E-state index >= 15 is 0 Å². The topological polar surface area (TPSA) is 35.8 Å². The summed E-state index contributed by atoms with van der Waals surface area (Å²) in [6.45, 7) is 5.48. The van der Waals surface area contributed by atoms with E-state index in [0.29, 0.717) is 28.8 Å². The van der Waals surface area contributed by atoms with Crippen LogP contribution in [0.2, 0.25) is 10.0 Å². The van der Waals surface area contributed by atoms with Crippen molar-refractivity contribution in [1.82, 2.24) is 4.90 Å². The summed E-state index contributed by atoms with van der Waals surface area (Å²) in [5.74, 6) is 0.246. The third-order valence-electron chi connectivity index (χ3n) is 5.40. The Hall–Kier alpha value is -2.92. The Bertz CT molecular complexity index is 1300. The second-order valence-electron chi connectivity index (χ2n) is 8.40. The zero-order valence-electron chi connectivity index (χ0n) is 19.6. The molecule has 4 aromatic carbocycles. The highest BCUT2D eigenvalue weighted by Gasteiger charge is 2.17. The minimum absolute atomic E-state index is 0.246. The van der Waals surface area contributed by atoms with E-state index in [2.05, 4.69) is 49.1 Å². The van der Waals surface area contributed by atoms with E-state index in [-0.39, 0.29) is 5.75 Å². The van der Waals surface area contributed by atoms with Crippen LogP contribution in [0.4, 0.5) is 5.69 Å². The number of hydrogen-bond acceptors (Lipinski definition) is 3. The molecular formula is C29H26Cl2N2OS. The van der Waals surface area contributed by atoms with Crippen LogP contribution < -0.4 is 0 Å². The van der Waals surface area contributed by atoms with Crippen molar-refractivity contribution in [1.29, 1.82) is 0 Å². The second-order valence-corrected chi connectivity index (χ2v) is 10.3. The van der Waals surface area contributed by atoms with Gasteiger partial charge in [0.1, 0.15) is 5.75 Å². The van der Waals surface area contributed by atoms with Gasteiger partial charge >= 0.3 is 0 Å². The van der Waals surface area contributed by atoms with Crippen molar-refractivity contribution in [2.45, 2.75) is 31.8 Å². The lowest BCUT2D eigenvalue weighted by atomic mass is 10.1. The molecule has 0 bridgehead atoms. The molecule has 0 aromatic heterocycles. The lowest BCUT2D eigenvalue weighted by Gasteiger charge is -2.27. The number of aromatic hydroxyl groups is 1. The highest BCUT2D eigenvalue weighted by atomic mass is 35.5. The molecule has 0 aliphatic carbocycles. The van der Waals surface area contributed by atoms with Crippen LogP contribution >= 0.6 is 35.0 Å². The summed E-state index contributed by atoms with van der Waals surface area (Å²) in [4.78, 5) is 8.40. The van der Waals surface area contributed by atoms with Gasteiger partial charge in [-0.3, -0.25) is 0 Å². The molecule has 1 N–H and O–H groups in total. The van der Waals surface area contributed by atoms with Gasteiger partial charge in [-0.15, -0.1) is 0 Å². The van der Waals surface area contributed by atoms with Crippen LogP contribution in [0.1, 0.15) is 22.3 Å². The van der Waals surface area contributed by atoms with Crippen LogP contribution in [0.3, 0.4) is 0 Å². The van der Waals surface area contributed by atoms with E-state index in [1.54, 1.807) is 30.0 Å². The normalized spacial score (nSPS) is 11.5. The fourth-order valence-corrected chi connectivity index (χ4v) is 5.18. The van der Waals surface area contributed by atoms with Crippen molar-refractivity contribution < 1.29 is 5.11 Å². The van der Waals surface area contributed by atoms with Gasteiger partial charge in [0.15, 0.2) is 5.17 Å². The van der Waals surface area contributed by atoms with Crippen LogP contribution in [0, 0.1) is 13.8 Å². The number of rotatable bonds is 6. The Morgan fingerprint density at radius 3 is 2.06 bits per heavy atom. The number of aliphatic imine (C=N–C) groups is 1. The third kappa shape index (κ3) is 7.28. The van der Waals surface area contributed by atoms with Gasteiger partial charge in [0.05, 0.1) is 5.69 Å². The predicted octanol–water partition coefficient (Wildman–Crippen LogP) is 8.80. The summed E-state index contributed by atoms with van der Waals surface area (Å²) in [6, 6.07) is 29.4. The molecule has 0 fully saturated rings. The van der Waals surface area contributed by atoms with Crippen molar-refractivity contribution in [2.75, 3.05) is 0 Å². The van der Waals surface area contributed by atoms with E-state index in [1.807, 2.05) is 42.5 Å². The third-order valence-corrected chi connectivity index (χ3v) is 7.05. The van der Waals surface area contributed by atoms with E-state index in [0.717, 1.165) is 15.6 Å². The minimum atomic E-state index is 0.246. The van der Waals surface area contributed by atoms with Gasteiger partial charge in [0.2, 0.25) is 0 Å². The van der Waals surface area contributed by atoms with Gasteiger partial charge in [-0.2, -0.15) is 0 Å². The summed E-state index contributed by atoms with van der Waals surface area (Å²) < 4.78 is 0. The molecule has 0 heterocycles. The van der Waals surface area contributed by atoms with E-state index in [4.69, 9.17) is 28.2 Å². The van der Waals surface area contributed by atoms with E-state index in [9.17, 15) is 5.11 Å². The Balaban J connectivity index is 1.79. The summed E-state index contributed by atoms with van der Waals surface area (Å²) in [5.41, 5.74) is 5.34. The molecule has 0 aliphatic rings. The van der Waals surface area contributed by atoms with Crippen LogP contribution in [-0.4, -0.2) is 15.2 Å². The monoisotopic (exact) mass is 520 g/mol. The van der Waals surface area contributed by atoms with E-state index < -0.39 is 0 Å². The molecule has 35 heavy (non-hydrogen) atoms. The molecular weight excluding hydrogens is 495 g/mol. The molecule has 4 aromatic rings. The van der Waals surface area contributed by atoms with Crippen molar-refractivity contribution >= 4 is 45.8 Å². The largest absolute Gasteiger partial charge is 0.508 e. The zero-order chi connectivity index (χ0) is 24.8. The first-order valence-corrected chi connectivity index (χ1v) is 12.8. The molecule has 0 saturated carbocycles. The highest BCUT2D eigenvalue weighted by Crippen LogP contribution is 2.32. The highest BCUT2D eigenvalue weighted by molar-refractivity contribution is 8.13. The van der Waals surface area contributed by atoms with Crippen LogP contribution in [0.25, 0.3) is 0 Å². The maximum absolute atomic E-state index is 9.76. The number of aryl methyl sites for hydroxylation is 2. The molecule has 0 unspecified atom stereocenters. The quantitative estimate of drug-likeness (QED) is 0.156. The van der Waals surface area contributed by atoms with Gasteiger partial charge in [0, 0.05) is 28.0 Å². The molecule has 6 heteroatoms. The van der Waals surface area contributed by atoms with Gasteiger partial charge in [-0.25, -0.2) is 4.99 Å². The van der Waals surface area contributed by atoms with E-state index in [1.165, 1.54) is 16.7 Å². The van der Waals surface area contributed by atoms with Crippen LogP contribution in [-0.2, 0) is 13.1 Å².